The molecule has 0 radical (unpaired) electrons. The lowest BCUT2D eigenvalue weighted by molar-refractivity contribution is 0.219. The van der Waals surface area contributed by atoms with Crippen molar-refractivity contribution in [3.8, 4) is 5.75 Å². The molecule has 1 atom stereocenters. The van der Waals surface area contributed by atoms with E-state index < -0.39 is 6.10 Å². The van der Waals surface area contributed by atoms with Gasteiger partial charge in [-0.25, -0.2) is 4.98 Å². The van der Waals surface area contributed by atoms with E-state index in [1.165, 1.54) is 0 Å². The summed E-state index contributed by atoms with van der Waals surface area (Å²) in [6.45, 7) is 0. The third-order valence-electron chi connectivity index (χ3n) is 2.35. The fourth-order valence-electron chi connectivity index (χ4n) is 1.48. The monoisotopic (exact) mass is 250 g/mol. The van der Waals surface area contributed by atoms with Crippen molar-refractivity contribution < 1.29 is 9.84 Å². The Morgan fingerprint density at radius 2 is 2.12 bits per heavy atom. The molecule has 2 aromatic heterocycles. The first-order valence-electron chi connectivity index (χ1n) is 4.99. The molecule has 17 heavy (non-hydrogen) atoms. The number of methoxy groups -OCH3 is 1. The second-order valence-corrected chi connectivity index (χ2v) is 3.86. The molecule has 0 amide bonds. The van der Waals surface area contributed by atoms with Crippen LogP contribution in [0, 0.1) is 0 Å². The van der Waals surface area contributed by atoms with Crippen LogP contribution in [0.5, 0.6) is 5.75 Å². The highest BCUT2D eigenvalue weighted by molar-refractivity contribution is 6.29. The zero-order valence-corrected chi connectivity index (χ0v) is 9.93. The molecule has 0 spiro atoms. The van der Waals surface area contributed by atoms with Gasteiger partial charge >= 0.3 is 0 Å². The number of aliphatic hydroxyl groups excluding tert-OH is 1. The summed E-state index contributed by atoms with van der Waals surface area (Å²) >= 11 is 5.77. The largest absolute Gasteiger partial charge is 0.495 e. The van der Waals surface area contributed by atoms with Crippen LogP contribution >= 0.6 is 11.6 Å². The highest BCUT2D eigenvalue weighted by Gasteiger charge is 2.12. The molecular weight excluding hydrogens is 240 g/mol. The van der Waals surface area contributed by atoms with Crippen molar-refractivity contribution in [2.45, 2.75) is 6.10 Å². The van der Waals surface area contributed by atoms with E-state index in [0.717, 1.165) is 0 Å². The summed E-state index contributed by atoms with van der Waals surface area (Å²) in [6.07, 6.45) is 3.92. The Bertz CT molecular complexity index is 519. The minimum atomic E-state index is -0.793. The van der Waals surface area contributed by atoms with Crippen molar-refractivity contribution in [3.63, 3.8) is 0 Å². The lowest BCUT2D eigenvalue weighted by Gasteiger charge is -2.11. The van der Waals surface area contributed by atoms with Gasteiger partial charge in [-0.1, -0.05) is 11.6 Å². The van der Waals surface area contributed by atoms with Crippen LogP contribution in [-0.2, 0) is 0 Å². The van der Waals surface area contributed by atoms with E-state index in [9.17, 15) is 5.11 Å². The molecular formula is C12H11ClN2O2. The number of halogens is 1. The molecule has 2 heterocycles. The van der Waals surface area contributed by atoms with Gasteiger partial charge in [0.15, 0.2) is 0 Å². The molecule has 0 bridgehead atoms. The van der Waals surface area contributed by atoms with Gasteiger partial charge in [0.1, 0.15) is 17.0 Å². The number of ether oxygens (including phenoxy) is 1. The molecule has 0 aliphatic heterocycles. The minimum Gasteiger partial charge on any atom is -0.495 e. The minimum absolute atomic E-state index is 0.345. The summed E-state index contributed by atoms with van der Waals surface area (Å²) in [5.41, 5.74) is 1.31. The summed E-state index contributed by atoms with van der Waals surface area (Å²) in [5.74, 6) is 0.599. The molecule has 0 saturated heterocycles. The maximum absolute atomic E-state index is 10.2. The maximum atomic E-state index is 10.2. The zero-order valence-electron chi connectivity index (χ0n) is 9.17. The van der Waals surface area contributed by atoms with E-state index in [4.69, 9.17) is 16.3 Å². The van der Waals surface area contributed by atoms with Crippen molar-refractivity contribution in [2.24, 2.45) is 0 Å². The molecule has 0 fully saturated rings. The van der Waals surface area contributed by atoms with E-state index >= 15 is 0 Å². The summed E-state index contributed by atoms with van der Waals surface area (Å²) in [5, 5.41) is 10.5. The van der Waals surface area contributed by atoms with Crippen LogP contribution in [0.1, 0.15) is 17.2 Å². The van der Waals surface area contributed by atoms with Crippen molar-refractivity contribution in [3.05, 3.63) is 53.1 Å². The summed E-state index contributed by atoms with van der Waals surface area (Å²) < 4.78 is 5.05. The molecule has 2 rings (SSSR count). The van der Waals surface area contributed by atoms with Crippen molar-refractivity contribution in [1.82, 2.24) is 9.97 Å². The summed E-state index contributed by atoms with van der Waals surface area (Å²) in [4.78, 5) is 7.85. The number of hydrogen-bond acceptors (Lipinski definition) is 4. The molecule has 0 saturated carbocycles. The van der Waals surface area contributed by atoms with Crippen LogP contribution in [0.25, 0.3) is 0 Å². The Hall–Kier alpha value is -1.65. The van der Waals surface area contributed by atoms with Gasteiger partial charge in [0.25, 0.3) is 0 Å². The fraction of sp³-hybridized carbons (Fsp3) is 0.167. The molecule has 0 aromatic carbocycles. The van der Waals surface area contributed by atoms with Gasteiger partial charge in [-0.2, -0.15) is 0 Å². The summed E-state index contributed by atoms with van der Waals surface area (Å²) in [7, 11) is 1.55. The van der Waals surface area contributed by atoms with Crippen LogP contribution in [0.3, 0.4) is 0 Å². The lowest BCUT2D eigenvalue weighted by atomic mass is 10.0. The Morgan fingerprint density at radius 3 is 2.82 bits per heavy atom. The van der Waals surface area contributed by atoms with Gasteiger partial charge in [0, 0.05) is 18.0 Å². The maximum Gasteiger partial charge on any atom is 0.137 e. The van der Waals surface area contributed by atoms with Crippen LogP contribution in [0.2, 0.25) is 5.15 Å². The average molecular weight is 251 g/mol. The van der Waals surface area contributed by atoms with Gasteiger partial charge < -0.3 is 9.84 Å². The molecule has 0 aliphatic carbocycles. The van der Waals surface area contributed by atoms with E-state index in [-0.39, 0.29) is 0 Å². The first-order chi connectivity index (χ1) is 8.20. The third-order valence-corrected chi connectivity index (χ3v) is 2.56. The summed E-state index contributed by atoms with van der Waals surface area (Å²) in [6, 6.07) is 5.05. The Labute approximate surface area is 104 Å². The first kappa shape index (κ1) is 11.8. The van der Waals surface area contributed by atoms with E-state index in [1.807, 2.05) is 0 Å². The highest BCUT2D eigenvalue weighted by Crippen LogP contribution is 2.24. The molecule has 5 heteroatoms. The van der Waals surface area contributed by atoms with Crippen molar-refractivity contribution >= 4 is 11.6 Å². The molecule has 0 aliphatic rings. The van der Waals surface area contributed by atoms with Gasteiger partial charge in [0.2, 0.25) is 0 Å². The number of nitrogens with zero attached hydrogens (tertiary/aromatic N) is 2. The number of aliphatic hydroxyl groups is 1. The number of rotatable bonds is 3. The SMILES string of the molecule is COc1cncc(C(O)c2ccnc(Cl)c2)c1. The number of pyridine rings is 2. The zero-order chi connectivity index (χ0) is 12.3. The molecule has 1 unspecified atom stereocenters. The van der Waals surface area contributed by atoms with Crippen LogP contribution in [0.15, 0.2) is 36.8 Å². The lowest BCUT2D eigenvalue weighted by Crippen LogP contribution is -2.01. The molecule has 4 nitrogen and oxygen atoms in total. The highest BCUT2D eigenvalue weighted by atomic mass is 35.5. The first-order valence-corrected chi connectivity index (χ1v) is 5.37. The van der Waals surface area contributed by atoms with Crippen LogP contribution in [0.4, 0.5) is 0 Å². The number of hydrogen-bond donors (Lipinski definition) is 1. The number of aromatic nitrogens is 2. The fourth-order valence-corrected chi connectivity index (χ4v) is 1.66. The predicted molar refractivity (Wildman–Crippen MR) is 64.1 cm³/mol. The third kappa shape index (κ3) is 2.72. The normalized spacial score (nSPS) is 12.2. The van der Waals surface area contributed by atoms with E-state index in [0.29, 0.717) is 22.0 Å². The second-order valence-electron chi connectivity index (χ2n) is 3.47. The standard InChI is InChI=1S/C12H11ClN2O2/c1-17-10-4-9(6-14-7-10)12(16)8-2-3-15-11(13)5-8/h2-7,12,16H,1H3. The molecule has 1 N–H and O–H groups in total. The van der Waals surface area contributed by atoms with Crippen molar-refractivity contribution in [1.29, 1.82) is 0 Å². The second kappa shape index (κ2) is 5.12. The quantitative estimate of drug-likeness (QED) is 0.849. The Morgan fingerprint density at radius 1 is 1.29 bits per heavy atom. The topological polar surface area (TPSA) is 55.2 Å². The van der Waals surface area contributed by atoms with Crippen molar-refractivity contribution in [2.75, 3.05) is 7.11 Å². The van der Waals surface area contributed by atoms with Gasteiger partial charge in [-0.15, -0.1) is 0 Å². The van der Waals surface area contributed by atoms with Gasteiger partial charge in [-0.05, 0) is 23.8 Å². The molecule has 2 aromatic rings. The van der Waals surface area contributed by atoms with Crippen LogP contribution < -0.4 is 4.74 Å². The Kier molecular flexibility index (Phi) is 3.56. The van der Waals surface area contributed by atoms with E-state index in [2.05, 4.69) is 9.97 Å². The van der Waals surface area contributed by atoms with Crippen LogP contribution in [-0.4, -0.2) is 22.2 Å². The predicted octanol–water partition coefficient (Wildman–Crippen LogP) is 2.22. The Balaban J connectivity index is 2.33. The average Bonchev–Trinajstić information content (AvgIpc) is 2.38. The van der Waals surface area contributed by atoms with Gasteiger partial charge in [-0.3, -0.25) is 4.98 Å². The smallest absolute Gasteiger partial charge is 0.137 e. The molecule has 88 valence electrons. The van der Waals surface area contributed by atoms with E-state index in [1.54, 1.807) is 43.9 Å². The van der Waals surface area contributed by atoms with Gasteiger partial charge in [0.05, 0.1) is 13.3 Å².